The fourth-order valence-electron chi connectivity index (χ4n) is 3.02. The number of carbonyl (C=O) groups excluding carboxylic acids is 1. The summed E-state index contributed by atoms with van der Waals surface area (Å²) >= 11 is 1.80. The predicted octanol–water partition coefficient (Wildman–Crippen LogP) is 2.32. The molecule has 1 amide bonds. The third-order valence-electron chi connectivity index (χ3n) is 4.10. The molecule has 0 spiro atoms. The van der Waals surface area contributed by atoms with Crippen molar-refractivity contribution in [2.24, 2.45) is 5.92 Å². The molecule has 0 radical (unpaired) electrons. The number of rotatable bonds is 3. The number of amides is 1. The van der Waals surface area contributed by atoms with Crippen LogP contribution >= 0.6 is 23.7 Å². The number of hydrogen-bond donors (Lipinski definition) is 2. The maximum absolute atomic E-state index is 12.3. The number of hydrogen-bond acceptors (Lipinski definition) is 3. The van der Waals surface area contributed by atoms with Crippen LogP contribution in [-0.4, -0.2) is 25.5 Å². The van der Waals surface area contributed by atoms with E-state index in [9.17, 15) is 4.79 Å². The molecule has 2 aliphatic rings. The molecule has 2 unspecified atom stereocenters. The Labute approximate surface area is 124 Å². The van der Waals surface area contributed by atoms with Gasteiger partial charge < -0.3 is 10.6 Å². The van der Waals surface area contributed by atoms with Crippen molar-refractivity contribution in [2.45, 2.75) is 31.6 Å². The van der Waals surface area contributed by atoms with Crippen molar-refractivity contribution in [3.05, 3.63) is 21.9 Å². The van der Waals surface area contributed by atoms with Crippen molar-refractivity contribution in [1.82, 2.24) is 10.6 Å². The summed E-state index contributed by atoms with van der Waals surface area (Å²) in [7, 11) is 0. The molecule has 1 aromatic rings. The topological polar surface area (TPSA) is 41.1 Å². The summed E-state index contributed by atoms with van der Waals surface area (Å²) < 4.78 is 0. The van der Waals surface area contributed by atoms with Gasteiger partial charge in [-0.15, -0.1) is 23.7 Å². The van der Waals surface area contributed by atoms with Crippen LogP contribution < -0.4 is 10.6 Å². The van der Waals surface area contributed by atoms with Gasteiger partial charge in [0.05, 0.1) is 5.92 Å². The Kier molecular flexibility index (Phi) is 5.25. The molecule has 1 aromatic heterocycles. The second kappa shape index (κ2) is 6.73. The summed E-state index contributed by atoms with van der Waals surface area (Å²) in [6.45, 7) is 2.98. The van der Waals surface area contributed by atoms with Gasteiger partial charge in [-0.1, -0.05) is 0 Å². The minimum atomic E-state index is 0. The van der Waals surface area contributed by atoms with E-state index in [2.05, 4.69) is 22.1 Å². The van der Waals surface area contributed by atoms with Crippen LogP contribution in [0, 0.1) is 5.92 Å². The molecular weight excluding hydrogens is 280 g/mol. The molecule has 2 N–H and O–H groups in total. The maximum Gasteiger partial charge on any atom is 0.227 e. The Morgan fingerprint density at radius 1 is 1.47 bits per heavy atom. The van der Waals surface area contributed by atoms with Gasteiger partial charge in [0.15, 0.2) is 0 Å². The third kappa shape index (κ3) is 3.30. The Morgan fingerprint density at radius 3 is 3.16 bits per heavy atom. The van der Waals surface area contributed by atoms with E-state index in [0.717, 1.165) is 38.9 Å². The van der Waals surface area contributed by atoms with Crippen molar-refractivity contribution in [3.63, 3.8) is 0 Å². The highest BCUT2D eigenvalue weighted by molar-refractivity contribution is 7.10. The van der Waals surface area contributed by atoms with E-state index in [0.29, 0.717) is 5.92 Å². The van der Waals surface area contributed by atoms with Gasteiger partial charge in [-0.2, -0.15) is 0 Å². The predicted molar refractivity (Wildman–Crippen MR) is 81.2 cm³/mol. The fraction of sp³-hybridized carbons (Fsp3) is 0.643. The molecule has 0 bridgehead atoms. The van der Waals surface area contributed by atoms with Gasteiger partial charge in [-0.3, -0.25) is 4.79 Å². The average Bonchev–Trinajstić information content (AvgIpc) is 3.05. The van der Waals surface area contributed by atoms with Crippen LogP contribution in [0.4, 0.5) is 0 Å². The molecule has 0 aromatic carbocycles. The van der Waals surface area contributed by atoms with Crippen molar-refractivity contribution in [3.8, 4) is 0 Å². The average molecular weight is 301 g/mol. The minimum absolute atomic E-state index is 0. The molecule has 1 aliphatic carbocycles. The molecule has 106 valence electrons. The first-order chi connectivity index (χ1) is 8.84. The number of nitrogens with one attached hydrogen (secondary N) is 2. The Hall–Kier alpha value is -0.580. The molecule has 1 saturated heterocycles. The smallest absolute Gasteiger partial charge is 0.227 e. The summed E-state index contributed by atoms with van der Waals surface area (Å²) in [5.74, 6) is 0.968. The first kappa shape index (κ1) is 14.8. The zero-order valence-electron chi connectivity index (χ0n) is 11.0. The quantitative estimate of drug-likeness (QED) is 0.899. The van der Waals surface area contributed by atoms with Gasteiger partial charge in [0.25, 0.3) is 0 Å². The van der Waals surface area contributed by atoms with Crippen LogP contribution in [0.5, 0.6) is 0 Å². The summed E-state index contributed by atoms with van der Waals surface area (Å²) in [6, 6.07) is 2.14. The second-order valence-corrected chi connectivity index (χ2v) is 6.35. The van der Waals surface area contributed by atoms with Crippen LogP contribution in [-0.2, 0) is 11.2 Å². The summed E-state index contributed by atoms with van der Waals surface area (Å²) in [5, 5.41) is 8.61. The number of carbonyl (C=O) groups is 1. The highest BCUT2D eigenvalue weighted by Gasteiger charge is 2.27. The molecule has 5 heteroatoms. The molecule has 2 atom stereocenters. The maximum atomic E-state index is 12.3. The number of halogens is 1. The Balaban J connectivity index is 0.00000133. The minimum Gasteiger partial charge on any atom is -0.355 e. The molecule has 3 nitrogen and oxygen atoms in total. The molecule has 1 aliphatic heterocycles. The molecule has 2 heterocycles. The van der Waals surface area contributed by atoms with Crippen LogP contribution in [0.25, 0.3) is 0 Å². The number of thiophene rings is 1. The van der Waals surface area contributed by atoms with Gasteiger partial charge in [-0.05, 0) is 61.7 Å². The lowest BCUT2D eigenvalue weighted by molar-refractivity contribution is -0.123. The van der Waals surface area contributed by atoms with E-state index in [1.807, 2.05) is 0 Å². The van der Waals surface area contributed by atoms with E-state index in [-0.39, 0.29) is 24.2 Å². The number of aryl methyl sites for hydroxylation is 1. The van der Waals surface area contributed by atoms with Crippen LogP contribution in [0.1, 0.15) is 35.6 Å². The van der Waals surface area contributed by atoms with E-state index < -0.39 is 0 Å². The van der Waals surface area contributed by atoms with Crippen LogP contribution in [0.3, 0.4) is 0 Å². The third-order valence-corrected chi connectivity index (χ3v) is 5.09. The highest BCUT2D eigenvalue weighted by atomic mass is 35.5. The largest absolute Gasteiger partial charge is 0.355 e. The van der Waals surface area contributed by atoms with Crippen molar-refractivity contribution < 1.29 is 4.79 Å². The van der Waals surface area contributed by atoms with E-state index in [1.54, 1.807) is 11.3 Å². The van der Waals surface area contributed by atoms with Crippen molar-refractivity contribution in [2.75, 3.05) is 19.6 Å². The van der Waals surface area contributed by atoms with Gasteiger partial charge >= 0.3 is 0 Å². The summed E-state index contributed by atoms with van der Waals surface area (Å²) in [4.78, 5) is 13.7. The van der Waals surface area contributed by atoms with Crippen LogP contribution in [0.15, 0.2) is 11.4 Å². The summed E-state index contributed by atoms with van der Waals surface area (Å²) in [6.07, 6.45) is 4.51. The van der Waals surface area contributed by atoms with E-state index in [4.69, 9.17) is 0 Å². The molecule has 1 fully saturated rings. The SMILES string of the molecule is Cl.O=C(NCC1CCNC1)C1CCCc2sccc21. The number of fused-ring (bicyclic) bond motifs is 1. The van der Waals surface area contributed by atoms with Crippen molar-refractivity contribution in [1.29, 1.82) is 0 Å². The van der Waals surface area contributed by atoms with E-state index in [1.165, 1.54) is 16.9 Å². The van der Waals surface area contributed by atoms with E-state index >= 15 is 0 Å². The zero-order chi connectivity index (χ0) is 12.4. The second-order valence-electron chi connectivity index (χ2n) is 5.35. The van der Waals surface area contributed by atoms with Gasteiger partial charge in [0.1, 0.15) is 0 Å². The monoisotopic (exact) mass is 300 g/mol. The lowest BCUT2D eigenvalue weighted by Crippen LogP contribution is -2.35. The lowest BCUT2D eigenvalue weighted by Gasteiger charge is -2.22. The lowest BCUT2D eigenvalue weighted by atomic mass is 9.87. The van der Waals surface area contributed by atoms with Crippen LogP contribution in [0.2, 0.25) is 0 Å². The standard InChI is InChI=1S/C14H20N2OS.ClH/c17-14(16-9-10-4-6-15-8-10)12-2-1-3-13-11(12)5-7-18-13;/h5,7,10,12,15H,1-4,6,8-9H2,(H,16,17);1H. The molecular formula is C14H21ClN2OS. The van der Waals surface area contributed by atoms with Crippen molar-refractivity contribution >= 4 is 29.7 Å². The normalized spacial score (nSPS) is 25.5. The van der Waals surface area contributed by atoms with Gasteiger partial charge in [-0.25, -0.2) is 0 Å². The fourth-order valence-corrected chi connectivity index (χ4v) is 4.00. The first-order valence-electron chi connectivity index (χ1n) is 6.89. The molecule has 0 saturated carbocycles. The van der Waals surface area contributed by atoms with Gasteiger partial charge in [0.2, 0.25) is 5.91 Å². The zero-order valence-corrected chi connectivity index (χ0v) is 12.6. The highest BCUT2D eigenvalue weighted by Crippen LogP contribution is 2.34. The Bertz CT molecular complexity index is 429. The molecule has 19 heavy (non-hydrogen) atoms. The molecule has 3 rings (SSSR count). The Morgan fingerprint density at radius 2 is 2.37 bits per heavy atom. The van der Waals surface area contributed by atoms with Gasteiger partial charge in [0, 0.05) is 11.4 Å². The first-order valence-corrected chi connectivity index (χ1v) is 7.77. The summed E-state index contributed by atoms with van der Waals surface area (Å²) in [5.41, 5.74) is 1.29.